The highest BCUT2D eigenvalue weighted by Crippen LogP contribution is 2.30. The average molecular weight is 281 g/mol. The van der Waals surface area contributed by atoms with E-state index >= 15 is 0 Å². The van der Waals surface area contributed by atoms with Gasteiger partial charge in [-0.3, -0.25) is 0 Å². The van der Waals surface area contributed by atoms with Crippen LogP contribution in [0.4, 0.5) is 4.39 Å². The second-order valence-electron chi connectivity index (χ2n) is 3.84. The predicted molar refractivity (Wildman–Crippen MR) is 69.9 cm³/mol. The predicted octanol–water partition coefficient (Wildman–Crippen LogP) is 3.14. The number of carbonyl (C=O) groups is 1. The van der Waals surface area contributed by atoms with Crippen molar-refractivity contribution in [2.24, 2.45) is 0 Å². The molecule has 0 amide bonds. The highest BCUT2D eigenvalue weighted by atomic mass is 32.1. The van der Waals surface area contributed by atoms with Gasteiger partial charge in [-0.2, -0.15) is 0 Å². The molecule has 0 atom stereocenters. The number of thiazole rings is 1. The van der Waals surface area contributed by atoms with E-state index in [1.54, 1.807) is 13.8 Å². The Hall–Kier alpha value is -1.95. The molecule has 0 spiro atoms. The fourth-order valence-corrected chi connectivity index (χ4v) is 2.49. The molecule has 2 aromatic rings. The van der Waals surface area contributed by atoms with Crippen LogP contribution in [0.1, 0.15) is 22.3 Å². The fourth-order valence-electron chi connectivity index (χ4n) is 1.61. The molecular formula is C13H12FNO3S. The maximum absolute atomic E-state index is 13.2. The number of halogens is 1. The summed E-state index contributed by atoms with van der Waals surface area (Å²) in [6.45, 7) is 3.73. The first-order chi connectivity index (χ1) is 9.01. The van der Waals surface area contributed by atoms with Crippen LogP contribution >= 0.6 is 11.3 Å². The first-order valence-electron chi connectivity index (χ1n) is 5.65. The number of esters is 1. The summed E-state index contributed by atoms with van der Waals surface area (Å²) in [5.74, 6) is -1.23. The lowest BCUT2D eigenvalue weighted by Crippen LogP contribution is -2.06. The number of aromatic hydroxyl groups is 1. The molecule has 0 radical (unpaired) electrons. The summed E-state index contributed by atoms with van der Waals surface area (Å²) in [5, 5.41) is 9.84. The molecule has 0 saturated heterocycles. The van der Waals surface area contributed by atoms with E-state index in [1.165, 1.54) is 23.5 Å². The Morgan fingerprint density at radius 1 is 1.47 bits per heavy atom. The van der Waals surface area contributed by atoms with Crippen molar-refractivity contribution in [2.45, 2.75) is 13.8 Å². The Kier molecular flexibility index (Phi) is 3.80. The van der Waals surface area contributed by atoms with Gasteiger partial charge in [-0.05, 0) is 26.0 Å². The van der Waals surface area contributed by atoms with Crippen LogP contribution in [0.25, 0.3) is 10.6 Å². The zero-order valence-corrected chi connectivity index (χ0v) is 11.3. The van der Waals surface area contributed by atoms with Crippen molar-refractivity contribution in [3.8, 4) is 16.3 Å². The molecule has 1 heterocycles. The molecule has 0 aliphatic carbocycles. The third kappa shape index (κ3) is 2.90. The third-order valence-electron chi connectivity index (χ3n) is 2.39. The van der Waals surface area contributed by atoms with Crippen molar-refractivity contribution in [3.63, 3.8) is 0 Å². The quantitative estimate of drug-likeness (QED) is 0.878. The van der Waals surface area contributed by atoms with Crippen molar-refractivity contribution in [1.29, 1.82) is 0 Å². The van der Waals surface area contributed by atoms with Gasteiger partial charge < -0.3 is 9.84 Å². The molecule has 1 N–H and O–H groups in total. The van der Waals surface area contributed by atoms with Crippen LogP contribution in [-0.4, -0.2) is 22.7 Å². The van der Waals surface area contributed by atoms with Crippen LogP contribution in [0, 0.1) is 12.7 Å². The number of phenolic OH excluding ortho intramolecular Hbond substituents is 1. The molecule has 19 heavy (non-hydrogen) atoms. The number of nitrogens with zero attached hydrogens (tertiary/aromatic N) is 1. The maximum atomic E-state index is 13.2. The Labute approximate surface area is 113 Å². The lowest BCUT2D eigenvalue weighted by atomic mass is 10.2. The number of phenols is 1. The highest BCUT2D eigenvalue weighted by Gasteiger charge is 2.17. The average Bonchev–Trinajstić information content (AvgIpc) is 2.70. The van der Waals surface area contributed by atoms with Gasteiger partial charge in [0.25, 0.3) is 0 Å². The minimum absolute atomic E-state index is 0.180. The number of carbonyl (C=O) groups excluding carboxylic acids is 1. The third-order valence-corrected chi connectivity index (χ3v) is 3.41. The molecular weight excluding hydrogens is 269 g/mol. The van der Waals surface area contributed by atoms with Gasteiger partial charge in [0.15, 0.2) is 5.69 Å². The SMILES string of the molecule is CCOC(=O)c1nc(-c2cc(O)cc(F)c2)sc1C. The Bertz CT molecular complexity index is 604. The van der Waals surface area contributed by atoms with Crippen LogP contribution < -0.4 is 0 Å². The fraction of sp³-hybridized carbons (Fsp3) is 0.231. The summed E-state index contributed by atoms with van der Waals surface area (Å²) in [5.41, 5.74) is 0.659. The smallest absolute Gasteiger partial charge is 0.358 e. The van der Waals surface area contributed by atoms with Crippen molar-refractivity contribution >= 4 is 17.3 Å². The van der Waals surface area contributed by atoms with E-state index < -0.39 is 11.8 Å². The summed E-state index contributed by atoms with van der Waals surface area (Å²) in [7, 11) is 0. The summed E-state index contributed by atoms with van der Waals surface area (Å²) in [6.07, 6.45) is 0. The standard InChI is InChI=1S/C13H12FNO3S/c1-3-18-13(17)11-7(2)19-12(15-11)8-4-9(14)6-10(16)5-8/h4-6,16H,3H2,1-2H3. The zero-order valence-electron chi connectivity index (χ0n) is 10.4. The Morgan fingerprint density at radius 2 is 2.21 bits per heavy atom. The van der Waals surface area contributed by atoms with E-state index in [4.69, 9.17) is 4.74 Å². The zero-order chi connectivity index (χ0) is 14.0. The van der Waals surface area contributed by atoms with Gasteiger partial charge in [-0.15, -0.1) is 11.3 Å². The first kappa shape index (κ1) is 13.5. The molecule has 0 unspecified atom stereocenters. The number of rotatable bonds is 3. The molecule has 0 bridgehead atoms. The van der Waals surface area contributed by atoms with Gasteiger partial charge in [-0.25, -0.2) is 14.2 Å². The summed E-state index contributed by atoms with van der Waals surface area (Å²) < 4.78 is 18.1. The van der Waals surface area contributed by atoms with Crippen LogP contribution in [-0.2, 0) is 4.74 Å². The van der Waals surface area contributed by atoms with Crippen molar-refractivity contribution in [2.75, 3.05) is 6.61 Å². The number of hydrogen-bond donors (Lipinski definition) is 1. The second-order valence-corrected chi connectivity index (χ2v) is 5.05. The number of ether oxygens (including phenoxy) is 1. The second kappa shape index (κ2) is 5.36. The van der Waals surface area contributed by atoms with Gasteiger partial charge in [0.1, 0.15) is 16.6 Å². The van der Waals surface area contributed by atoms with E-state index in [9.17, 15) is 14.3 Å². The molecule has 1 aromatic heterocycles. The van der Waals surface area contributed by atoms with Gasteiger partial charge in [0.2, 0.25) is 0 Å². The number of aryl methyl sites for hydroxylation is 1. The van der Waals surface area contributed by atoms with Gasteiger partial charge in [0, 0.05) is 16.5 Å². The lowest BCUT2D eigenvalue weighted by Gasteiger charge is -1.99. The van der Waals surface area contributed by atoms with Gasteiger partial charge in [0.05, 0.1) is 6.61 Å². The van der Waals surface area contributed by atoms with Crippen molar-refractivity contribution < 1.29 is 19.0 Å². The lowest BCUT2D eigenvalue weighted by molar-refractivity contribution is 0.0519. The van der Waals surface area contributed by atoms with E-state index in [2.05, 4.69) is 4.98 Å². The largest absolute Gasteiger partial charge is 0.508 e. The van der Waals surface area contributed by atoms with E-state index in [-0.39, 0.29) is 18.1 Å². The van der Waals surface area contributed by atoms with Crippen LogP contribution in [0.3, 0.4) is 0 Å². The van der Waals surface area contributed by atoms with E-state index in [0.717, 1.165) is 6.07 Å². The van der Waals surface area contributed by atoms with Crippen molar-refractivity contribution in [3.05, 3.63) is 34.6 Å². The van der Waals surface area contributed by atoms with Gasteiger partial charge in [-0.1, -0.05) is 0 Å². The molecule has 4 nitrogen and oxygen atoms in total. The van der Waals surface area contributed by atoms with Crippen LogP contribution in [0.5, 0.6) is 5.75 Å². The highest BCUT2D eigenvalue weighted by molar-refractivity contribution is 7.15. The minimum Gasteiger partial charge on any atom is -0.508 e. The first-order valence-corrected chi connectivity index (χ1v) is 6.47. The Morgan fingerprint density at radius 3 is 2.84 bits per heavy atom. The molecule has 2 rings (SSSR count). The molecule has 6 heteroatoms. The number of benzene rings is 1. The minimum atomic E-state index is -0.555. The Balaban J connectivity index is 2.41. The summed E-state index contributed by atoms with van der Waals surface area (Å²) in [6, 6.07) is 3.67. The molecule has 100 valence electrons. The number of hydrogen-bond acceptors (Lipinski definition) is 5. The van der Waals surface area contributed by atoms with Crippen LogP contribution in [0.15, 0.2) is 18.2 Å². The summed E-state index contributed by atoms with van der Waals surface area (Å²) >= 11 is 1.25. The van der Waals surface area contributed by atoms with E-state index in [0.29, 0.717) is 15.4 Å². The molecule has 0 fully saturated rings. The molecule has 0 saturated carbocycles. The van der Waals surface area contributed by atoms with E-state index in [1.807, 2.05) is 0 Å². The molecule has 0 aliphatic rings. The summed E-state index contributed by atoms with van der Waals surface area (Å²) in [4.78, 5) is 16.5. The molecule has 0 aliphatic heterocycles. The molecule has 1 aromatic carbocycles. The normalized spacial score (nSPS) is 10.5. The maximum Gasteiger partial charge on any atom is 0.358 e. The number of aromatic nitrogens is 1. The van der Waals surface area contributed by atoms with Gasteiger partial charge >= 0.3 is 5.97 Å². The van der Waals surface area contributed by atoms with Crippen molar-refractivity contribution in [1.82, 2.24) is 4.98 Å². The van der Waals surface area contributed by atoms with Crippen LogP contribution in [0.2, 0.25) is 0 Å². The topological polar surface area (TPSA) is 59.4 Å². The monoisotopic (exact) mass is 281 g/mol.